The van der Waals surface area contributed by atoms with Gasteiger partial charge in [-0.2, -0.15) is 0 Å². The second-order valence-corrected chi connectivity index (χ2v) is 5.75. The summed E-state index contributed by atoms with van der Waals surface area (Å²) in [7, 11) is 5.19. The molecule has 0 fully saturated rings. The quantitative estimate of drug-likeness (QED) is 0.770. The summed E-state index contributed by atoms with van der Waals surface area (Å²) in [6.45, 7) is 0. The molecule has 0 heterocycles. The molecule has 0 unspecified atom stereocenters. The van der Waals surface area contributed by atoms with Crippen molar-refractivity contribution in [2.24, 2.45) is 0 Å². The Balaban J connectivity index is 2.57. The summed E-state index contributed by atoms with van der Waals surface area (Å²) >= 11 is 0. The normalized spacial score (nSPS) is 13.0. The molecule has 4 nitrogen and oxygen atoms in total. The third-order valence-electron chi connectivity index (χ3n) is 3.93. The molecule has 0 bridgehead atoms. The van der Waals surface area contributed by atoms with E-state index in [1.807, 2.05) is 60.7 Å². The highest BCUT2D eigenvalue weighted by atomic mass is 16.2. The number of rotatable bonds is 6. The van der Waals surface area contributed by atoms with Crippen molar-refractivity contribution in [3.05, 3.63) is 71.8 Å². The second-order valence-electron chi connectivity index (χ2n) is 5.75. The van der Waals surface area contributed by atoms with Gasteiger partial charge in [0, 0.05) is 21.1 Å². The van der Waals surface area contributed by atoms with Crippen molar-refractivity contribution in [1.29, 1.82) is 0 Å². The fourth-order valence-electron chi connectivity index (χ4n) is 2.78. The van der Waals surface area contributed by atoms with Gasteiger partial charge in [0.05, 0.1) is 12.0 Å². The van der Waals surface area contributed by atoms with E-state index in [0.717, 1.165) is 17.5 Å². The van der Waals surface area contributed by atoms with Crippen LogP contribution in [0.5, 0.6) is 0 Å². The van der Waals surface area contributed by atoms with E-state index in [1.165, 1.54) is 0 Å². The maximum Gasteiger partial charge on any atom is 0.232 e. The minimum atomic E-state index is -0.455. The molecule has 0 aliphatic rings. The Morgan fingerprint density at radius 2 is 1.35 bits per heavy atom. The molecule has 0 spiro atoms. The standard InChI is InChI=1S/C19H22N2O2/c1-20(2)19(23)17(15-10-6-4-7-11-15)18(21(3)14-22)16-12-8-5-9-13-16/h4-14,17-18H,1-3H3/t17-,18-/m0/s1. The van der Waals surface area contributed by atoms with Crippen LogP contribution in [0.2, 0.25) is 0 Å². The minimum Gasteiger partial charge on any atom is -0.348 e. The zero-order valence-corrected chi connectivity index (χ0v) is 13.7. The van der Waals surface area contributed by atoms with Crippen LogP contribution in [0.4, 0.5) is 0 Å². The van der Waals surface area contributed by atoms with Gasteiger partial charge in [-0.1, -0.05) is 60.7 Å². The number of amides is 2. The molecular formula is C19H22N2O2. The molecule has 0 saturated carbocycles. The number of hydrogen-bond donors (Lipinski definition) is 0. The SMILES string of the molecule is CN(C)C(=O)[C@@H](c1ccccc1)[C@H](c1ccccc1)N(C)C=O. The first-order valence-corrected chi connectivity index (χ1v) is 7.54. The summed E-state index contributed by atoms with van der Waals surface area (Å²) in [5.41, 5.74) is 1.83. The zero-order valence-electron chi connectivity index (χ0n) is 13.7. The highest BCUT2D eigenvalue weighted by Gasteiger charge is 2.34. The average molecular weight is 310 g/mol. The smallest absolute Gasteiger partial charge is 0.232 e. The third kappa shape index (κ3) is 3.77. The van der Waals surface area contributed by atoms with Crippen molar-refractivity contribution < 1.29 is 9.59 Å². The first kappa shape index (κ1) is 16.7. The largest absolute Gasteiger partial charge is 0.348 e. The van der Waals surface area contributed by atoms with E-state index in [2.05, 4.69) is 0 Å². The molecule has 0 aliphatic heterocycles. The molecule has 2 rings (SSSR count). The lowest BCUT2D eigenvalue weighted by molar-refractivity contribution is -0.133. The lowest BCUT2D eigenvalue weighted by Gasteiger charge is -2.34. The van der Waals surface area contributed by atoms with Gasteiger partial charge >= 0.3 is 0 Å². The Morgan fingerprint density at radius 3 is 1.78 bits per heavy atom. The Hall–Kier alpha value is -2.62. The summed E-state index contributed by atoms with van der Waals surface area (Å²) in [5, 5.41) is 0. The van der Waals surface area contributed by atoms with Crippen LogP contribution >= 0.6 is 0 Å². The number of carbonyl (C=O) groups excluding carboxylic acids is 2. The van der Waals surface area contributed by atoms with Crippen molar-refractivity contribution >= 4 is 12.3 Å². The van der Waals surface area contributed by atoms with E-state index in [9.17, 15) is 9.59 Å². The van der Waals surface area contributed by atoms with Gasteiger partial charge in [-0.25, -0.2) is 0 Å². The monoisotopic (exact) mass is 310 g/mol. The summed E-state index contributed by atoms with van der Waals surface area (Å²) in [5.74, 6) is -0.484. The topological polar surface area (TPSA) is 40.6 Å². The summed E-state index contributed by atoms with van der Waals surface area (Å²) in [6.07, 6.45) is 0.774. The molecule has 0 radical (unpaired) electrons. The molecule has 0 saturated heterocycles. The fourth-order valence-corrected chi connectivity index (χ4v) is 2.78. The van der Waals surface area contributed by atoms with Crippen molar-refractivity contribution in [2.75, 3.05) is 21.1 Å². The molecule has 0 aromatic heterocycles. The lowest BCUT2D eigenvalue weighted by atomic mass is 9.85. The lowest BCUT2D eigenvalue weighted by Crippen LogP contribution is -2.38. The van der Waals surface area contributed by atoms with Gasteiger partial charge in [-0.15, -0.1) is 0 Å². The molecule has 4 heteroatoms. The number of nitrogens with zero attached hydrogens (tertiary/aromatic N) is 2. The molecule has 2 aromatic rings. The van der Waals surface area contributed by atoms with E-state index in [-0.39, 0.29) is 11.9 Å². The van der Waals surface area contributed by atoms with E-state index in [0.29, 0.717) is 0 Å². The average Bonchev–Trinajstić information content (AvgIpc) is 2.59. The number of benzene rings is 2. The number of hydrogen-bond acceptors (Lipinski definition) is 2. The fraction of sp³-hybridized carbons (Fsp3) is 0.263. The maximum atomic E-state index is 12.9. The first-order chi connectivity index (χ1) is 11.1. The van der Waals surface area contributed by atoms with Crippen molar-refractivity contribution in [1.82, 2.24) is 9.80 Å². The van der Waals surface area contributed by atoms with Gasteiger partial charge in [0.15, 0.2) is 0 Å². The van der Waals surface area contributed by atoms with Crippen LogP contribution in [0.25, 0.3) is 0 Å². The molecule has 23 heavy (non-hydrogen) atoms. The van der Waals surface area contributed by atoms with Gasteiger partial charge in [-0.05, 0) is 11.1 Å². The van der Waals surface area contributed by atoms with Crippen LogP contribution in [0.15, 0.2) is 60.7 Å². The van der Waals surface area contributed by atoms with E-state index in [4.69, 9.17) is 0 Å². The molecule has 2 atom stereocenters. The van der Waals surface area contributed by atoms with Crippen molar-refractivity contribution in [2.45, 2.75) is 12.0 Å². The Bertz CT molecular complexity index is 641. The summed E-state index contributed by atoms with van der Waals surface area (Å²) < 4.78 is 0. The van der Waals surface area contributed by atoms with Gasteiger partial charge in [-0.3, -0.25) is 9.59 Å². The van der Waals surface area contributed by atoms with Crippen LogP contribution in [-0.2, 0) is 9.59 Å². The van der Waals surface area contributed by atoms with E-state index < -0.39 is 5.92 Å². The Morgan fingerprint density at radius 1 is 0.870 bits per heavy atom. The van der Waals surface area contributed by atoms with Gasteiger partial charge < -0.3 is 9.80 Å². The van der Waals surface area contributed by atoms with Crippen LogP contribution < -0.4 is 0 Å². The van der Waals surface area contributed by atoms with Gasteiger partial charge in [0.1, 0.15) is 0 Å². The van der Waals surface area contributed by atoms with Crippen LogP contribution in [-0.4, -0.2) is 43.3 Å². The van der Waals surface area contributed by atoms with Gasteiger partial charge in [0.25, 0.3) is 0 Å². The second kappa shape index (κ2) is 7.58. The summed E-state index contributed by atoms with van der Waals surface area (Å²) in [4.78, 5) is 27.5. The molecule has 0 N–H and O–H groups in total. The maximum absolute atomic E-state index is 12.9. The third-order valence-corrected chi connectivity index (χ3v) is 3.93. The molecule has 0 aliphatic carbocycles. The highest BCUT2D eigenvalue weighted by Crippen LogP contribution is 2.35. The molecule has 2 amide bonds. The van der Waals surface area contributed by atoms with Crippen LogP contribution in [0.3, 0.4) is 0 Å². The Kier molecular flexibility index (Phi) is 5.52. The highest BCUT2D eigenvalue weighted by molar-refractivity contribution is 5.84. The van der Waals surface area contributed by atoms with Crippen LogP contribution in [0.1, 0.15) is 23.1 Å². The van der Waals surface area contributed by atoms with E-state index in [1.54, 1.807) is 30.9 Å². The summed E-state index contributed by atoms with van der Waals surface area (Å²) in [6, 6.07) is 18.9. The predicted molar refractivity (Wildman–Crippen MR) is 90.9 cm³/mol. The van der Waals surface area contributed by atoms with E-state index >= 15 is 0 Å². The molecule has 120 valence electrons. The van der Waals surface area contributed by atoms with Crippen LogP contribution in [0, 0.1) is 0 Å². The first-order valence-electron chi connectivity index (χ1n) is 7.54. The predicted octanol–water partition coefficient (Wildman–Crippen LogP) is 2.69. The number of likely N-dealkylation sites (N-methyl/N-ethyl adjacent to an activating group) is 2. The number of carbonyl (C=O) groups is 2. The zero-order chi connectivity index (χ0) is 16.8. The molecular weight excluding hydrogens is 288 g/mol. The molecule has 2 aromatic carbocycles. The Labute approximate surface area is 137 Å². The van der Waals surface area contributed by atoms with Crippen molar-refractivity contribution in [3.63, 3.8) is 0 Å². The minimum absolute atomic E-state index is 0.0289. The van der Waals surface area contributed by atoms with Crippen molar-refractivity contribution in [3.8, 4) is 0 Å². The van der Waals surface area contributed by atoms with Gasteiger partial charge in [0.2, 0.25) is 12.3 Å².